The summed E-state index contributed by atoms with van der Waals surface area (Å²) in [6.07, 6.45) is 4.19. The Morgan fingerprint density at radius 2 is 2.25 bits per heavy atom. The highest BCUT2D eigenvalue weighted by molar-refractivity contribution is 14.1. The summed E-state index contributed by atoms with van der Waals surface area (Å²) < 4.78 is 1.03. The SMILES string of the molecule is Clc1cc(C(Cl)Cc2ncc[nH]2)ccc1I. The van der Waals surface area contributed by atoms with E-state index in [1.165, 1.54) is 0 Å². The first-order valence-corrected chi connectivity index (χ1v) is 6.63. The van der Waals surface area contributed by atoms with Crippen LogP contribution in [0.25, 0.3) is 0 Å². The Bertz CT molecular complexity index is 471. The van der Waals surface area contributed by atoms with Crippen LogP contribution < -0.4 is 0 Å². The molecule has 0 bridgehead atoms. The van der Waals surface area contributed by atoms with Crippen LogP contribution >= 0.6 is 45.8 Å². The van der Waals surface area contributed by atoms with Gasteiger partial charge in [0.15, 0.2) is 0 Å². The lowest BCUT2D eigenvalue weighted by atomic mass is 10.1. The van der Waals surface area contributed by atoms with Gasteiger partial charge in [-0.3, -0.25) is 0 Å². The highest BCUT2D eigenvalue weighted by Crippen LogP contribution is 2.28. The Morgan fingerprint density at radius 3 is 2.88 bits per heavy atom. The zero-order chi connectivity index (χ0) is 11.5. The minimum absolute atomic E-state index is 0.111. The molecule has 0 spiro atoms. The number of nitrogens with one attached hydrogen (secondary N) is 1. The minimum atomic E-state index is -0.111. The molecule has 1 atom stereocenters. The van der Waals surface area contributed by atoms with Crippen molar-refractivity contribution in [3.63, 3.8) is 0 Å². The van der Waals surface area contributed by atoms with Crippen LogP contribution in [0.4, 0.5) is 0 Å². The van der Waals surface area contributed by atoms with E-state index in [2.05, 4.69) is 32.6 Å². The fourth-order valence-corrected chi connectivity index (χ4v) is 2.21. The molecule has 0 aliphatic rings. The van der Waals surface area contributed by atoms with E-state index in [1.807, 2.05) is 18.2 Å². The Kier molecular flexibility index (Phi) is 4.10. The molecule has 2 nitrogen and oxygen atoms in total. The number of aromatic amines is 1. The maximum Gasteiger partial charge on any atom is 0.107 e. The van der Waals surface area contributed by atoms with Crippen molar-refractivity contribution in [3.05, 3.63) is 50.6 Å². The molecule has 0 saturated carbocycles. The number of alkyl halides is 1. The third-order valence-corrected chi connectivity index (χ3v) is 4.21. The Balaban J connectivity index is 2.14. The van der Waals surface area contributed by atoms with Crippen LogP contribution in [-0.4, -0.2) is 9.97 Å². The van der Waals surface area contributed by atoms with Gasteiger partial charge in [-0.2, -0.15) is 0 Å². The lowest BCUT2D eigenvalue weighted by molar-refractivity contribution is 0.855. The van der Waals surface area contributed by atoms with E-state index in [9.17, 15) is 0 Å². The first-order valence-electron chi connectivity index (χ1n) is 4.74. The standard InChI is InChI=1S/C11H9Cl2IN2/c12-8(6-11-15-3-4-16-11)7-1-2-10(14)9(13)5-7/h1-5,8H,6H2,(H,15,16). The monoisotopic (exact) mass is 366 g/mol. The van der Waals surface area contributed by atoms with Gasteiger partial charge in [-0.1, -0.05) is 17.7 Å². The highest BCUT2D eigenvalue weighted by atomic mass is 127. The molecular formula is C11H9Cl2IN2. The first kappa shape index (κ1) is 12.2. The number of halogens is 3. The van der Waals surface area contributed by atoms with Crippen molar-refractivity contribution in [2.75, 3.05) is 0 Å². The largest absolute Gasteiger partial charge is 0.349 e. The molecule has 1 aromatic heterocycles. The summed E-state index contributed by atoms with van der Waals surface area (Å²) in [5, 5.41) is 0.629. The number of benzene rings is 1. The molecule has 1 heterocycles. The molecule has 0 aliphatic heterocycles. The number of nitrogens with zero attached hydrogens (tertiary/aromatic N) is 1. The second-order valence-electron chi connectivity index (χ2n) is 3.38. The smallest absolute Gasteiger partial charge is 0.107 e. The van der Waals surface area contributed by atoms with Crippen molar-refractivity contribution < 1.29 is 0 Å². The molecule has 16 heavy (non-hydrogen) atoms. The lowest BCUT2D eigenvalue weighted by Crippen LogP contribution is -1.98. The molecule has 0 aliphatic carbocycles. The van der Waals surface area contributed by atoms with E-state index in [4.69, 9.17) is 23.2 Å². The molecule has 0 fully saturated rings. The van der Waals surface area contributed by atoms with Gasteiger partial charge in [0.05, 0.1) is 10.4 Å². The van der Waals surface area contributed by atoms with Crippen LogP contribution in [0.1, 0.15) is 16.8 Å². The third kappa shape index (κ3) is 2.90. The van der Waals surface area contributed by atoms with Gasteiger partial charge in [0.25, 0.3) is 0 Å². The van der Waals surface area contributed by atoms with Gasteiger partial charge in [-0.25, -0.2) is 4.98 Å². The predicted molar refractivity (Wildman–Crippen MR) is 75.1 cm³/mol. The van der Waals surface area contributed by atoms with Crippen LogP contribution in [0.3, 0.4) is 0 Å². The molecule has 1 aromatic carbocycles. The minimum Gasteiger partial charge on any atom is -0.349 e. The molecule has 2 aromatic rings. The average Bonchev–Trinajstić information content (AvgIpc) is 2.74. The van der Waals surface area contributed by atoms with Crippen molar-refractivity contribution >= 4 is 45.8 Å². The summed E-state index contributed by atoms with van der Waals surface area (Å²) in [6, 6.07) is 5.87. The fraction of sp³-hybridized carbons (Fsp3) is 0.182. The molecule has 1 N–H and O–H groups in total. The maximum absolute atomic E-state index is 6.30. The van der Waals surface area contributed by atoms with E-state index in [-0.39, 0.29) is 5.38 Å². The van der Waals surface area contributed by atoms with Gasteiger partial charge in [-0.05, 0) is 40.3 Å². The van der Waals surface area contributed by atoms with Gasteiger partial charge >= 0.3 is 0 Å². The van der Waals surface area contributed by atoms with Gasteiger partial charge in [0.1, 0.15) is 5.82 Å². The summed E-state index contributed by atoms with van der Waals surface area (Å²) in [5.41, 5.74) is 1.02. The second-order valence-corrected chi connectivity index (χ2v) is 5.48. The lowest BCUT2D eigenvalue weighted by Gasteiger charge is -2.09. The molecule has 0 amide bonds. The van der Waals surface area contributed by atoms with Gasteiger partial charge in [0.2, 0.25) is 0 Å². The molecule has 2 rings (SSSR count). The Morgan fingerprint density at radius 1 is 1.44 bits per heavy atom. The number of rotatable bonds is 3. The fourth-order valence-electron chi connectivity index (χ4n) is 1.40. The van der Waals surface area contributed by atoms with Gasteiger partial charge < -0.3 is 4.98 Å². The normalized spacial score (nSPS) is 12.7. The van der Waals surface area contributed by atoms with Crippen LogP contribution in [0.15, 0.2) is 30.6 Å². The molecule has 5 heteroatoms. The van der Waals surface area contributed by atoms with Crippen molar-refractivity contribution in [3.8, 4) is 0 Å². The summed E-state index contributed by atoms with van der Waals surface area (Å²) >= 11 is 14.5. The average molecular weight is 367 g/mol. The highest BCUT2D eigenvalue weighted by Gasteiger charge is 2.11. The van der Waals surface area contributed by atoms with E-state index in [0.29, 0.717) is 6.42 Å². The van der Waals surface area contributed by atoms with Crippen LogP contribution in [-0.2, 0) is 6.42 Å². The Labute approximate surface area is 118 Å². The topological polar surface area (TPSA) is 28.7 Å². The van der Waals surface area contributed by atoms with Crippen LogP contribution in [0, 0.1) is 3.57 Å². The van der Waals surface area contributed by atoms with Gasteiger partial charge in [-0.15, -0.1) is 11.6 Å². The van der Waals surface area contributed by atoms with Gasteiger partial charge in [0, 0.05) is 22.4 Å². The maximum atomic E-state index is 6.30. The first-order chi connectivity index (χ1) is 7.66. The van der Waals surface area contributed by atoms with Crippen LogP contribution in [0.2, 0.25) is 5.02 Å². The molecule has 0 radical (unpaired) electrons. The number of H-pyrrole nitrogens is 1. The molecular weight excluding hydrogens is 358 g/mol. The van der Waals surface area contributed by atoms with E-state index in [1.54, 1.807) is 12.4 Å². The number of hydrogen-bond donors (Lipinski definition) is 1. The molecule has 84 valence electrons. The van der Waals surface area contributed by atoms with E-state index in [0.717, 1.165) is 20.0 Å². The Hall–Kier alpha value is -0.260. The second kappa shape index (κ2) is 5.38. The zero-order valence-corrected chi connectivity index (χ0v) is 11.9. The van der Waals surface area contributed by atoms with Crippen LogP contribution in [0.5, 0.6) is 0 Å². The molecule has 1 unspecified atom stereocenters. The van der Waals surface area contributed by atoms with Crippen molar-refractivity contribution in [1.82, 2.24) is 9.97 Å². The predicted octanol–water partition coefficient (Wildman–Crippen LogP) is 4.19. The summed E-state index contributed by atoms with van der Waals surface area (Å²) in [5.74, 6) is 0.884. The molecule has 0 saturated heterocycles. The van der Waals surface area contributed by atoms with Crippen molar-refractivity contribution in [1.29, 1.82) is 0 Å². The zero-order valence-electron chi connectivity index (χ0n) is 8.25. The number of imidazole rings is 1. The third-order valence-electron chi connectivity index (χ3n) is 2.23. The summed E-state index contributed by atoms with van der Waals surface area (Å²) in [7, 11) is 0. The number of aromatic nitrogens is 2. The van der Waals surface area contributed by atoms with Crippen molar-refractivity contribution in [2.24, 2.45) is 0 Å². The quantitative estimate of drug-likeness (QED) is 0.640. The van der Waals surface area contributed by atoms with E-state index < -0.39 is 0 Å². The summed E-state index contributed by atoms with van der Waals surface area (Å²) in [6.45, 7) is 0. The summed E-state index contributed by atoms with van der Waals surface area (Å²) in [4.78, 5) is 7.18. The number of hydrogen-bond acceptors (Lipinski definition) is 1. The van der Waals surface area contributed by atoms with E-state index >= 15 is 0 Å². The van der Waals surface area contributed by atoms with Crippen molar-refractivity contribution in [2.45, 2.75) is 11.8 Å².